The molecule has 1 fully saturated rings. The second-order valence-electron chi connectivity index (χ2n) is 5.42. The Labute approximate surface area is 132 Å². The van der Waals surface area contributed by atoms with E-state index in [1.807, 2.05) is 0 Å². The number of methoxy groups -OCH3 is 1. The monoisotopic (exact) mass is 316 g/mol. The zero-order valence-electron chi connectivity index (χ0n) is 12.8. The summed E-state index contributed by atoms with van der Waals surface area (Å²) in [4.78, 5) is 27.6. The van der Waals surface area contributed by atoms with Crippen molar-refractivity contribution in [2.24, 2.45) is 0 Å². The van der Waals surface area contributed by atoms with E-state index >= 15 is 0 Å². The molecule has 2 aromatic rings. The number of aromatic nitrogens is 1. The topological polar surface area (TPSA) is 102 Å². The molecule has 1 heterocycles. The predicted molar refractivity (Wildman–Crippen MR) is 81.1 cm³/mol. The standard InChI is InChI=1S/C16H16N2O5/c1-8-13(23-15(17-8)9-3-4-9)14(19)18-11-6-5-10(16(20)21)7-12(11)22-2/h5-7,9H,3-4H2,1-2H3,(H,18,19)(H,20,21). The van der Waals surface area contributed by atoms with Crippen molar-refractivity contribution in [1.82, 2.24) is 4.98 Å². The Bertz CT molecular complexity index is 777. The summed E-state index contributed by atoms with van der Waals surface area (Å²) in [5.74, 6) is -0.167. The lowest BCUT2D eigenvalue weighted by Crippen LogP contribution is -2.13. The van der Waals surface area contributed by atoms with Gasteiger partial charge in [0, 0.05) is 5.92 Å². The highest BCUT2D eigenvalue weighted by molar-refractivity contribution is 6.04. The molecule has 0 radical (unpaired) electrons. The normalized spacial score (nSPS) is 13.7. The van der Waals surface area contributed by atoms with Gasteiger partial charge in [0.15, 0.2) is 5.89 Å². The van der Waals surface area contributed by atoms with E-state index in [2.05, 4.69) is 10.3 Å². The first-order valence-corrected chi connectivity index (χ1v) is 7.19. The number of amides is 1. The minimum atomic E-state index is -1.07. The van der Waals surface area contributed by atoms with Crippen LogP contribution in [0.2, 0.25) is 0 Å². The number of hydrogen-bond donors (Lipinski definition) is 2. The van der Waals surface area contributed by atoms with Crippen LogP contribution in [-0.2, 0) is 0 Å². The number of oxazole rings is 1. The van der Waals surface area contributed by atoms with Crippen molar-refractivity contribution in [3.8, 4) is 5.75 Å². The van der Waals surface area contributed by atoms with Crippen molar-refractivity contribution in [2.45, 2.75) is 25.7 Å². The van der Waals surface area contributed by atoms with Gasteiger partial charge in [0.1, 0.15) is 5.75 Å². The molecule has 0 unspecified atom stereocenters. The molecule has 0 spiro atoms. The summed E-state index contributed by atoms with van der Waals surface area (Å²) in [6.45, 7) is 1.72. The van der Waals surface area contributed by atoms with Gasteiger partial charge in [-0.15, -0.1) is 0 Å². The first-order valence-electron chi connectivity index (χ1n) is 7.19. The van der Waals surface area contributed by atoms with Crippen LogP contribution in [0.25, 0.3) is 0 Å². The van der Waals surface area contributed by atoms with Crippen LogP contribution in [0.4, 0.5) is 5.69 Å². The van der Waals surface area contributed by atoms with Crippen molar-refractivity contribution in [3.05, 3.63) is 41.1 Å². The molecule has 2 N–H and O–H groups in total. The molecule has 0 atom stereocenters. The molecule has 1 amide bonds. The van der Waals surface area contributed by atoms with Crippen molar-refractivity contribution in [1.29, 1.82) is 0 Å². The molecule has 0 bridgehead atoms. The lowest BCUT2D eigenvalue weighted by Gasteiger charge is -2.10. The summed E-state index contributed by atoms with van der Waals surface area (Å²) < 4.78 is 10.7. The molecule has 3 rings (SSSR count). The average Bonchev–Trinajstić information content (AvgIpc) is 3.30. The molecular weight excluding hydrogens is 300 g/mol. The second-order valence-corrected chi connectivity index (χ2v) is 5.42. The third-order valence-corrected chi connectivity index (χ3v) is 3.64. The maximum absolute atomic E-state index is 12.4. The number of hydrogen-bond acceptors (Lipinski definition) is 5. The minimum absolute atomic E-state index is 0.0757. The van der Waals surface area contributed by atoms with Crippen LogP contribution in [0.3, 0.4) is 0 Å². The number of anilines is 1. The third-order valence-electron chi connectivity index (χ3n) is 3.64. The highest BCUT2D eigenvalue weighted by atomic mass is 16.5. The van der Waals surface area contributed by atoms with E-state index < -0.39 is 11.9 Å². The van der Waals surface area contributed by atoms with Gasteiger partial charge in [-0.2, -0.15) is 0 Å². The van der Waals surface area contributed by atoms with E-state index in [-0.39, 0.29) is 17.1 Å². The number of carboxylic acids is 1. The Balaban J connectivity index is 1.83. The molecule has 1 saturated carbocycles. The number of carbonyl (C=O) groups is 2. The minimum Gasteiger partial charge on any atom is -0.495 e. The van der Waals surface area contributed by atoms with E-state index in [0.29, 0.717) is 23.2 Å². The Morgan fingerprint density at radius 2 is 2.13 bits per heavy atom. The van der Waals surface area contributed by atoms with Crippen LogP contribution in [0.1, 0.15) is 51.3 Å². The van der Waals surface area contributed by atoms with E-state index in [0.717, 1.165) is 12.8 Å². The van der Waals surface area contributed by atoms with Gasteiger partial charge in [0.05, 0.1) is 24.1 Å². The van der Waals surface area contributed by atoms with Gasteiger partial charge in [-0.25, -0.2) is 9.78 Å². The first-order chi connectivity index (χ1) is 11.0. The molecule has 23 heavy (non-hydrogen) atoms. The molecule has 0 aliphatic heterocycles. The zero-order chi connectivity index (χ0) is 16.6. The van der Waals surface area contributed by atoms with Crippen molar-refractivity contribution >= 4 is 17.6 Å². The number of rotatable bonds is 5. The molecule has 7 nitrogen and oxygen atoms in total. The summed E-state index contributed by atoms with van der Waals surface area (Å²) in [6.07, 6.45) is 2.07. The van der Waals surface area contributed by atoms with Crippen LogP contribution in [0.15, 0.2) is 22.6 Å². The molecule has 120 valence electrons. The number of carbonyl (C=O) groups excluding carboxylic acids is 1. The number of benzene rings is 1. The highest BCUT2D eigenvalue weighted by Crippen LogP contribution is 2.40. The van der Waals surface area contributed by atoms with E-state index in [1.165, 1.54) is 25.3 Å². The largest absolute Gasteiger partial charge is 0.495 e. The number of carboxylic acid groups (broad SMARTS) is 1. The summed E-state index contributed by atoms with van der Waals surface area (Å²) in [7, 11) is 1.40. The van der Waals surface area contributed by atoms with Crippen LogP contribution in [0.5, 0.6) is 5.75 Å². The Kier molecular flexibility index (Phi) is 3.77. The van der Waals surface area contributed by atoms with Crippen LogP contribution < -0.4 is 10.1 Å². The molecule has 0 saturated heterocycles. The number of aromatic carboxylic acids is 1. The fraction of sp³-hybridized carbons (Fsp3) is 0.312. The summed E-state index contributed by atoms with van der Waals surface area (Å²) in [5.41, 5.74) is 0.975. The maximum atomic E-state index is 12.4. The first kappa shape index (κ1) is 15.1. The number of nitrogens with one attached hydrogen (secondary N) is 1. The molecule has 1 aliphatic carbocycles. The smallest absolute Gasteiger partial charge is 0.335 e. The quantitative estimate of drug-likeness (QED) is 0.879. The zero-order valence-corrected chi connectivity index (χ0v) is 12.8. The average molecular weight is 316 g/mol. The Morgan fingerprint density at radius 3 is 2.74 bits per heavy atom. The van der Waals surface area contributed by atoms with Crippen molar-refractivity contribution in [3.63, 3.8) is 0 Å². The van der Waals surface area contributed by atoms with E-state index in [1.54, 1.807) is 6.92 Å². The third kappa shape index (κ3) is 3.03. The van der Waals surface area contributed by atoms with Crippen LogP contribution in [-0.4, -0.2) is 29.1 Å². The van der Waals surface area contributed by atoms with Gasteiger partial charge in [-0.1, -0.05) is 0 Å². The summed E-state index contributed by atoms with van der Waals surface area (Å²) >= 11 is 0. The van der Waals surface area contributed by atoms with Gasteiger partial charge < -0.3 is 19.6 Å². The van der Waals surface area contributed by atoms with Gasteiger partial charge >= 0.3 is 5.97 Å². The molecule has 1 aromatic carbocycles. The number of ether oxygens (including phenoxy) is 1. The van der Waals surface area contributed by atoms with Gasteiger partial charge in [-0.3, -0.25) is 4.79 Å². The molecular formula is C16H16N2O5. The number of aryl methyl sites for hydroxylation is 1. The lowest BCUT2D eigenvalue weighted by atomic mass is 10.2. The van der Waals surface area contributed by atoms with Gasteiger partial charge in [0.2, 0.25) is 5.76 Å². The fourth-order valence-corrected chi connectivity index (χ4v) is 2.24. The van der Waals surface area contributed by atoms with Crippen molar-refractivity contribution in [2.75, 3.05) is 12.4 Å². The van der Waals surface area contributed by atoms with Crippen molar-refractivity contribution < 1.29 is 23.8 Å². The molecule has 1 aliphatic rings. The second kappa shape index (κ2) is 5.75. The van der Waals surface area contributed by atoms with E-state index in [4.69, 9.17) is 14.3 Å². The Morgan fingerprint density at radius 1 is 1.39 bits per heavy atom. The molecule has 7 heteroatoms. The van der Waals surface area contributed by atoms with Gasteiger partial charge in [-0.05, 0) is 38.0 Å². The summed E-state index contributed by atoms with van der Waals surface area (Å²) in [6, 6.07) is 4.22. The Hall–Kier alpha value is -2.83. The number of nitrogens with zero attached hydrogens (tertiary/aromatic N) is 1. The molecule has 1 aromatic heterocycles. The summed E-state index contributed by atoms with van der Waals surface area (Å²) in [5, 5.41) is 11.7. The maximum Gasteiger partial charge on any atom is 0.335 e. The fourth-order valence-electron chi connectivity index (χ4n) is 2.24. The van der Waals surface area contributed by atoms with Crippen LogP contribution >= 0.6 is 0 Å². The SMILES string of the molecule is COc1cc(C(=O)O)ccc1NC(=O)c1oc(C2CC2)nc1C. The van der Waals surface area contributed by atoms with E-state index in [9.17, 15) is 9.59 Å². The highest BCUT2D eigenvalue weighted by Gasteiger charge is 2.31. The predicted octanol–water partition coefficient (Wildman–Crippen LogP) is 2.82. The van der Waals surface area contributed by atoms with Gasteiger partial charge in [0.25, 0.3) is 5.91 Å². The lowest BCUT2D eigenvalue weighted by molar-refractivity contribution is 0.0696. The van der Waals surface area contributed by atoms with Crippen LogP contribution in [0, 0.1) is 6.92 Å².